The molecule has 0 aliphatic carbocycles. The van der Waals surface area contributed by atoms with Gasteiger partial charge in [-0.2, -0.15) is 0 Å². The Morgan fingerprint density at radius 1 is 1.44 bits per heavy atom. The molecule has 3 nitrogen and oxygen atoms in total. The Kier molecular flexibility index (Phi) is 4.61. The van der Waals surface area contributed by atoms with Crippen molar-refractivity contribution < 1.29 is 4.74 Å². The lowest BCUT2D eigenvalue weighted by Gasteiger charge is -2.31. The number of methoxy groups -OCH3 is 1. The van der Waals surface area contributed by atoms with Crippen LogP contribution < -0.4 is 15.4 Å². The van der Waals surface area contributed by atoms with Crippen LogP contribution in [0, 0.1) is 12.8 Å². The molecule has 18 heavy (non-hydrogen) atoms. The number of nitrogens with one attached hydrogen (secondary N) is 2. The maximum Gasteiger partial charge on any atom is 0.121 e. The lowest BCUT2D eigenvalue weighted by molar-refractivity contribution is 0.298. The van der Waals surface area contributed by atoms with Gasteiger partial charge in [-0.1, -0.05) is 12.1 Å². The fourth-order valence-corrected chi connectivity index (χ4v) is 2.93. The van der Waals surface area contributed by atoms with E-state index in [0.29, 0.717) is 12.0 Å². The SMILES string of the molecule is CNC(c1ccc(OC)c(C)c1)C1CCCNC1. The van der Waals surface area contributed by atoms with Gasteiger partial charge < -0.3 is 15.4 Å². The summed E-state index contributed by atoms with van der Waals surface area (Å²) in [6, 6.07) is 6.93. The van der Waals surface area contributed by atoms with E-state index in [1.54, 1.807) is 7.11 Å². The number of aryl methyl sites for hydroxylation is 1. The van der Waals surface area contributed by atoms with Crippen molar-refractivity contribution in [3.63, 3.8) is 0 Å². The van der Waals surface area contributed by atoms with Crippen molar-refractivity contribution in [1.29, 1.82) is 0 Å². The molecule has 1 aliphatic heterocycles. The summed E-state index contributed by atoms with van der Waals surface area (Å²) in [6.07, 6.45) is 2.57. The molecule has 0 spiro atoms. The molecule has 1 aliphatic rings. The molecule has 2 rings (SSSR count). The number of hydrogen-bond donors (Lipinski definition) is 2. The van der Waals surface area contributed by atoms with Crippen LogP contribution in [0.25, 0.3) is 0 Å². The molecular formula is C15H24N2O. The predicted octanol–water partition coefficient (Wildman–Crippen LogP) is 2.26. The lowest BCUT2D eigenvalue weighted by Crippen LogP contribution is -2.37. The molecule has 1 aromatic rings. The topological polar surface area (TPSA) is 33.3 Å². The molecule has 0 radical (unpaired) electrons. The Bertz CT molecular complexity index is 386. The Balaban J connectivity index is 2.18. The van der Waals surface area contributed by atoms with Crippen molar-refractivity contribution in [1.82, 2.24) is 10.6 Å². The average molecular weight is 248 g/mol. The summed E-state index contributed by atoms with van der Waals surface area (Å²) in [6.45, 7) is 4.37. The first-order chi connectivity index (χ1) is 8.76. The Morgan fingerprint density at radius 3 is 2.83 bits per heavy atom. The van der Waals surface area contributed by atoms with Crippen LogP contribution in [0.15, 0.2) is 18.2 Å². The van der Waals surface area contributed by atoms with E-state index in [1.807, 2.05) is 0 Å². The van der Waals surface area contributed by atoms with E-state index in [2.05, 4.69) is 42.8 Å². The second-order valence-electron chi connectivity index (χ2n) is 5.10. The zero-order valence-electron chi connectivity index (χ0n) is 11.6. The van der Waals surface area contributed by atoms with Crippen LogP contribution in [0.1, 0.15) is 30.0 Å². The largest absolute Gasteiger partial charge is 0.496 e. The molecular weight excluding hydrogens is 224 g/mol. The van der Waals surface area contributed by atoms with Gasteiger partial charge in [0.1, 0.15) is 5.75 Å². The van der Waals surface area contributed by atoms with Crippen molar-refractivity contribution in [2.45, 2.75) is 25.8 Å². The van der Waals surface area contributed by atoms with E-state index >= 15 is 0 Å². The Hall–Kier alpha value is -1.06. The quantitative estimate of drug-likeness (QED) is 0.857. The van der Waals surface area contributed by atoms with Crippen molar-refractivity contribution in [2.24, 2.45) is 5.92 Å². The van der Waals surface area contributed by atoms with Gasteiger partial charge in [0.15, 0.2) is 0 Å². The summed E-state index contributed by atoms with van der Waals surface area (Å²) in [5, 5.41) is 6.96. The maximum absolute atomic E-state index is 5.33. The zero-order valence-corrected chi connectivity index (χ0v) is 11.6. The number of piperidine rings is 1. The number of ether oxygens (including phenoxy) is 1. The summed E-state index contributed by atoms with van der Waals surface area (Å²) in [5.41, 5.74) is 2.57. The van der Waals surface area contributed by atoms with Gasteiger partial charge in [0, 0.05) is 6.04 Å². The molecule has 1 fully saturated rings. The standard InChI is InChI=1S/C15H24N2O/c1-11-9-12(6-7-14(11)18-3)15(16-2)13-5-4-8-17-10-13/h6-7,9,13,15-17H,4-5,8,10H2,1-3H3. The van der Waals surface area contributed by atoms with Gasteiger partial charge in [-0.25, -0.2) is 0 Å². The smallest absolute Gasteiger partial charge is 0.121 e. The van der Waals surface area contributed by atoms with Gasteiger partial charge in [-0.3, -0.25) is 0 Å². The van der Waals surface area contributed by atoms with Gasteiger partial charge in [0.25, 0.3) is 0 Å². The lowest BCUT2D eigenvalue weighted by atomic mass is 9.87. The fraction of sp³-hybridized carbons (Fsp3) is 0.600. The molecule has 100 valence electrons. The van der Waals surface area contributed by atoms with Crippen LogP contribution in [-0.2, 0) is 0 Å². The van der Waals surface area contributed by atoms with Crippen molar-refractivity contribution in [3.05, 3.63) is 29.3 Å². The maximum atomic E-state index is 5.33. The molecule has 2 atom stereocenters. The van der Waals surface area contributed by atoms with Gasteiger partial charge in [0.2, 0.25) is 0 Å². The van der Waals surface area contributed by atoms with E-state index in [4.69, 9.17) is 4.74 Å². The van der Waals surface area contributed by atoms with E-state index in [9.17, 15) is 0 Å². The van der Waals surface area contributed by atoms with Crippen LogP contribution in [-0.4, -0.2) is 27.2 Å². The van der Waals surface area contributed by atoms with E-state index in [1.165, 1.54) is 24.0 Å². The van der Waals surface area contributed by atoms with E-state index in [0.717, 1.165) is 18.8 Å². The van der Waals surface area contributed by atoms with Gasteiger partial charge in [-0.15, -0.1) is 0 Å². The molecule has 1 saturated heterocycles. The summed E-state index contributed by atoms with van der Waals surface area (Å²) in [7, 11) is 3.78. The highest BCUT2D eigenvalue weighted by atomic mass is 16.5. The number of hydrogen-bond acceptors (Lipinski definition) is 3. The van der Waals surface area contributed by atoms with Gasteiger partial charge in [0.05, 0.1) is 7.11 Å². The molecule has 3 heteroatoms. The minimum absolute atomic E-state index is 0.433. The predicted molar refractivity (Wildman–Crippen MR) is 75.1 cm³/mol. The third kappa shape index (κ3) is 2.85. The Morgan fingerprint density at radius 2 is 2.28 bits per heavy atom. The summed E-state index contributed by atoms with van der Waals surface area (Å²) < 4.78 is 5.33. The van der Waals surface area contributed by atoms with E-state index in [-0.39, 0.29) is 0 Å². The first-order valence-corrected chi connectivity index (χ1v) is 6.78. The van der Waals surface area contributed by atoms with Crippen LogP contribution >= 0.6 is 0 Å². The van der Waals surface area contributed by atoms with Crippen LogP contribution in [0.4, 0.5) is 0 Å². The third-order valence-corrected chi connectivity index (χ3v) is 3.90. The average Bonchev–Trinajstić information content (AvgIpc) is 2.41. The van der Waals surface area contributed by atoms with Crippen molar-refractivity contribution in [3.8, 4) is 5.75 Å². The summed E-state index contributed by atoms with van der Waals surface area (Å²) in [5.74, 6) is 1.65. The van der Waals surface area contributed by atoms with Crippen LogP contribution in [0.5, 0.6) is 5.75 Å². The van der Waals surface area contributed by atoms with Crippen LogP contribution in [0.2, 0.25) is 0 Å². The zero-order chi connectivity index (χ0) is 13.0. The first kappa shape index (κ1) is 13.4. The monoisotopic (exact) mass is 248 g/mol. The van der Waals surface area contributed by atoms with Crippen molar-refractivity contribution >= 4 is 0 Å². The second kappa shape index (κ2) is 6.21. The molecule has 2 unspecified atom stereocenters. The fourth-order valence-electron chi connectivity index (χ4n) is 2.93. The Labute approximate surface area is 110 Å². The van der Waals surface area contributed by atoms with E-state index < -0.39 is 0 Å². The highest BCUT2D eigenvalue weighted by molar-refractivity contribution is 5.37. The number of benzene rings is 1. The molecule has 2 N–H and O–H groups in total. The molecule has 1 aromatic carbocycles. The first-order valence-electron chi connectivity index (χ1n) is 6.78. The highest BCUT2D eigenvalue weighted by Crippen LogP contribution is 2.29. The minimum atomic E-state index is 0.433. The van der Waals surface area contributed by atoms with Gasteiger partial charge in [-0.05, 0) is 63.0 Å². The molecule has 0 aromatic heterocycles. The normalized spacial score (nSPS) is 21.6. The molecule has 0 bridgehead atoms. The minimum Gasteiger partial charge on any atom is -0.496 e. The molecule has 0 saturated carbocycles. The molecule has 1 heterocycles. The molecule has 0 amide bonds. The second-order valence-corrected chi connectivity index (χ2v) is 5.10. The summed E-state index contributed by atoms with van der Waals surface area (Å²) in [4.78, 5) is 0. The summed E-state index contributed by atoms with van der Waals surface area (Å²) >= 11 is 0. The highest BCUT2D eigenvalue weighted by Gasteiger charge is 2.23. The third-order valence-electron chi connectivity index (χ3n) is 3.90. The number of rotatable bonds is 4. The van der Waals surface area contributed by atoms with Crippen molar-refractivity contribution in [2.75, 3.05) is 27.2 Å². The van der Waals surface area contributed by atoms with Crippen LogP contribution in [0.3, 0.4) is 0 Å². The van der Waals surface area contributed by atoms with Gasteiger partial charge >= 0.3 is 0 Å².